The number of H-pyrrole nitrogens is 1. The third-order valence-electron chi connectivity index (χ3n) is 4.50. The maximum Gasteiger partial charge on any atom is 0.260 e. The number of fused-ring (bicyclic) bond motifs is 1. The molecule has 26 heavy (non-hydrogen) atoms. The number of pyridine rings is 2. The summed E-state index contributed by atoms with van der Waals surface area (Å²) < 4.78 is 5.36. The van der Waals surface area contributed by atoms with E-state index >= 15 is 0 Å². The van der Waals surface area contributed by atoms with Crippen LogP contribution >= 0.6 is 0 Å². The number of carbonyl (C=O) groups excluding carboxylic acids is 1. The van der Waals surface area contributed by atoms with Crippen LogP contribution < -0.4 is 9.80 Å². The Hall–Kier alpha value is -3.00. The van der Waals surface area contributed by atoms with Crippen molar-refractivity contribution in [3.63, 3.8) is 0 Å². The number of hydrogen-bond donors (Lipinski definition) is 1. The third-order valence-corrected chi connectivity index (χ3v) is 4.50. The van der Waals surface area contributed by atoms with Gasteiger partial charge in [0.2, 0.25) is 0 Å². The van der Waals surface area contributed by atoms with Crippen LogP contribution in [0.1, 0.15) is 16.2 Å². The number of rotatable bonds is 3. The Kier molecular flexibility index (Phi) is 4.26. The van der Waals surface area contributed by atoms with E-state index in [4.69, 9.17) is 4.74 Å². The maximum absolute atomic E-state index is 13.0. The first-order valence-corrected chi connectivity index (χ1v) is 8.51. The number of morpholine rings is 1. The summed E-state index contributed by atoms with van der Waals surface area (Å²) in [6, 6.07) is 5.55. The predicted molar refractivity (Wildman–Crippen MR) is 98.6 cm³/mol. The Morgan fingerprint density at radius 1 is 1.23 bits per heavy atom. The highest BCUT2D eigenvalue weighted by Crippen LogP contribution is 2.21. The molecule has 1 aliphatic heterocycles. The average molecular weight is 352 g/mol. The fourth-order valence-corrected chi connectivity index (χ4v) is 3.06. The number of carbonyl (C=O) groups is 1. The van der Waals surface area contributed by atoms with Crippen molar-refractivity contribution in [1.29, 1.82) is 0 Å². The molecule has 0 bridgehead atoms. The number of ether oxygens (including phenoxy) is 1. The molecule has 0 radical (unpaired) electrons. The minimum Gasteiger partial charge on any atom is -0.378 e. The van der Waals surface area contributed by atoms with Crippen molar-refractivity contribution in [3.8, 4) is 0 Å². The van der Waals surface area contributed by atoms with E-state index in [1.165, 1.54) is 0 Å². The number of hydrogen-bond acceptors (Lipinski definition) is 6. The van der Waals surface area contributed by atoms with Gasteiger partial charge in [0.15, 0.2) is 5.65 Å². The maximum atomic E-state index is 13.0. The van der Waals surface area contributed by atoms with E-state index in [1.54, 1.807) is 30.4 Å². The van der Waals surface area contributed by atoms with Crippen LogP contribution in [0.3, 0.4) is 0 Å². The van der Waals surface area contributed by atoms with Crippen molar-refractivity contribution in [2.75, 3.05) is 43.2 Å². The molecule has 3 aromatic rings. The van der Waals surface area contributed by atoms with E-state index in [-0.39, 0.29) is 5.91 Å². The Balaban J connectivity index is 1.58. The van der Waals surface area contributed by atoms with Gasteiger partial charge in [-0.05, 0) is 25.1 Å². The molecule has 8 nitrogen and oxygen atoms in total. The van der Waals surface area contributed by atoms with E-state index in [2.05, 4.69) is 24.8 Å². The van der Waals surface area contributed by atoms with Crippen LogP contribution in [-0.2, 0) is 4.74 Å². The second kappa shape index (κ2) is 6.72. The zero-order chi connectivity index (χ0) is 18.1. The van der Waals surface area contributed by atoms with Gasteiger partial charge in [0, 0.05) is 26.3 Å². The van der Waals surface area contributed by atoms with Gasteiger partial charge in [-0.15, -0.1) is 0 Å². The summed E-state index contributed by atoms with van der Waals surface area (Å²) in [6.07, 6.45) is 3.32. The van der Waals surface area contributed by atoms with Gasteiger partial charge in [0.25, 0.3) is 5.91 Å². The number of imidazole rings is 1. The van der Waals surface area contributed by atoms with Gasteiger partial charge in [-0.3, -0.25) is 4.79 Å². The van der Waals surface area contributed by atoms with Crippen LogP contribution in [0.15, 0.2) is 30.6 Å². The number of aryl methyl sites for hydroxylation is 1. The van der Waals surface area contributed by atoms with Gasteiger partial charge in [0.1, 0.15) is 11.6 Å². The van der Waals surface area contributed by atoms with Crippen molar-refractivity contribution >= 4 is 28.6 Å². The highest BCUT2D eigenvalue weighted by molar-refractivity contribution is 6.12. The van der Waals surface area contributed by atoms with Crippen molar-refractivity contribution in [2.45, 2.75) is 6.92 Å². The third kappa shape index (κ3) is 2.99. The van der Waals surface area contributed by atoms with Crippen molar-refractivity contribution < 1.29 is 9.53 Å². The van der Waals surface area contributed by atoms with Crippen molar-refractivity contribution in [2.24, 2.45) is 0 Å². The lowest BCUT2D eigenvalue weighted by Gasteiger charge is -2.28. The number of amides is 1. The molecule has 8 heteroatoms. The molecule has 0 unspecified atom stereocenters. The van der Waals surface area contributed by atoms with E-state index < -0.39 is 0 Å². The van der Waals surface area contributed by atoms with Crippen LogP contribution in [0, 0.1) is 6.92 Å². The first-order chi connectivity index (χ1) is 12.6. The minimum atomic E-state index is -0.137. The van der Waals surface area contributed by atoms with Gasteiger partial charge < -0.3 is 19.5 Å². The van der Waals surface area contributed by atoms with Crippen molar-refractivity contribution in [3.05, 3.63) is 42.0 Å². The molecule has 0 saturated carbocycles. The van der Waals surface area contributed by atoms with E-state index in [9.17, 15) is 4.79 Å². The first-order valence-electron chi connectivity index (χ1n) is 8.51. The van der Waals surface area contributed by atoms with Crippen molar-refractivity contribution in [1.82, 2.24) is 19.9 Å². The molecule has 1 N–H and O–H groups in total. The second-order valence-electron chi connectivity index (χ2n) is 6.22. The molecule has 3 aromatic heterocycles. The SMILES string of the molecule is Cc1nc2nccc(C(=O)N(C)c3ccc(N4CCOCC4)nc3)c2[nH]1. The molecule has 1 fully saturated rings. The standard InChI is InChI=1S/C18H20N6O2/c1-12-21-16-14(5-6-19-17(16)22-12)18(25)23(2)13-3-4-15(20-11-13)24-7-9-26-10-8-24/h3-6,11H,7-10H2,1-2H3,(H,19,21,22). The molecule has 0 aliphatic carbocycles. The quantitative estimate of drug-likeness (QED) is 0.773. The minimum absolute atomic E-state index is 0.137. The average Bonchev–Trinajstić information content (AvgIpc) is 3.08. The lowest BCUT2D eigenvalue weighted by atomic mass is 10.2. The first kappa shape index (κ1) is 16.5. The van der Waals surface area contributed by atoms with Crippen LogP contribution in [0.5, 0.6) is 0 Å². The number of anilines is 2. The Morgan fingerprint density at radius 3 is 2.77 bits per heavy atom. The molecule has 1 aliphatic rings. The molecule has 0 atom stereocenters. The van der Waals surface area contributed by atoms with Crippen LogP contribution in [0.25, 0.3) is 11.2 Å². The molecular weight excluding hydrogens is 332 g/mol. The smallest absolute Gasteiger partial charge is 0.260 e. The molecule has 1 amide bonds. The number of nitrogens with zero attached hydrogens (tertiary/aromatic N) is 5. The largest absolute Gasteiger partial charge is 0.378 e. The lowest BCUT2D eigenvalue weighted by molar-refractivity contribution is 0.0994. The zero-order valence-electron chi connectivity index (χ0n) is 14.8. The molecular formula is C18H20N6O2. The highest BCUT2D eigenvalue weighted by Gasteiger charge is 2.19. The number of aromatic nitrogens is 4. The summed E-state index contributed by atoms with van der Waals surface area (Å²) >= 11 is 0. The Labute approximate surface area is 150 Å². The van der Waals surface area contributed by atoms with Gasteiger partial charge in [-0.1, -0.05) is 0 Å². The van der Waals surface area contributed by atoms with E-state index in [1.807, 2.05) is 19.1 Å². The predicted octanol–water partition coefficient (Wildman–Crippen LogP) is 1.77. The van der Waals surface area contributed by atoms with Gasteiger partial charge in [-0.25, -0.2) is 15.0 Å². The summed E-state index contributed by atoms with van der Waals surface area (Å²) in [5.74, 6) is 1.49. The highest BCUT2D eigenvalue weighted by atomic mass is 16.5. The summed E-state index contributed by atoms with van der Waals surface area (Å²) in [5, 5.41) is 0. The molecule has 134 valence electrons. The lowest BCUT2D eigenvalue weighted by Crippen LogP contribution is -2.36. The Bertz CT molecular complexity index is 931. The summed E-state index contributed by atoms with van der Waals surface area (Å²) in [6.45, 7) is 4.92. The molecule has 4 rings (SSSR count). The molecule has 1 saturated heterocycles. The topological polar surface area (TPSA) is 87.2 Å². The normalized spacial score (nSPS) is 14.6. The summed E-state index contributed by atoms with van der Waals surface area (Å²) in [7, 11) is 1.74. The Morgan fingerprint density at radius 2 is 2.04 bits per heavy atom. The monoisotopic (exact) mass is 352 g/mol. The molecule has 0 spiro atoms. The summed E-state index contributed by atoms with van der Waals surface area (Å²) in [5.41, 5.74) is 2.46. The van der Waals surface area contributed by atoms with E-state index in [0.717, 1.165) is 30.4 Å². The van der Waals surface area contributed by atoms with Crippen LogP contribution in [0.4, 0.5) is 11.5 Å². The van der Waals surface area contributed by atoms with Gasteiger partial charge in [-0.2, -0.15) is 0 Å². The molecule has 0 aromatic carbocycles. The second-order valence-corrected chi connectivity index (χ2v) is 6.22. The fraction of sp³-hybridized carbons (Fsp3) is 0.333. The zero-order valence-corrected chi connectivity index (χ0v) is 14.8. The van der Waals surface area contributed by atoms with Crippen LogP contribution in [0.2, 0.25) is 0 Å². The fourth-order valence-electron chi connectivity index (χ4n) is 3.06. The molecule has 4 heterocycles. The number of aromatic amines is 1. The summed E-state index contributed by atoms with van der Waals surface area (Å²) in [4.78, 5) is 32.8. The number of nitrogens with one attached hydrogen (secondary N) is 1. The van der Waals surface area contributed by atoms with Gasteiger partial charge in [0.05, 0.1) is 36.2 Å². The van der Waals surface area contributed by atoms with E-state index in [0.29, 0.717) is 29.9 Å². The van der Waals surface area contributed by atoms with Crippen LogP contribution in [-0.4, -0.2) is 59.2 Å². The van der Waals surface area contributed by atoms with Gasteiger partial charge >= 0.3 is 0 Å².